The molecule has 3 aromatic rings. The Kier molecular flexibility index (Phi) is 5.64. The number of anilines is 1. The van der Waals surface area contributed by atoms with Crippen LogP contribution in [0, 0.1) is 6.92 Å². The highest BCUT2D eigenvalue weighted by Gasteiger charge is 2.10. The fourth-order valence-electron chi connectivity index (χ4n) is 2.40. The molecule has 144 valence electrons. The molecule has 9 nitrogen and oxygen atoms in total. The van der Waals surface area contributed by atoms with Gasteiger partial charge in [-0.1, -0.05) is 6.92 Å². The molecule has 3 aromatic heterocycles. The molecule has 28 heavy (non-hydrogen) atoms. The van der Waals surface area contributed by atoms with E-state index in [-0.39, 0.29) is 12.3 Å². The van der Waals surface area contributed by atoms with Crippen molar-refractivity contribution in [3.8, 4) is 22.8 Å². The van der Waals surface area contributed by atoms with Crippen molar-refractivity contribution < 1.29 is 14.3 Å². The molecule has 3 amide bonds. The van der Waals surface area contributed by atoms with E-state index in [0.29, 0.717) is 23.0 Å². The molecule has 0 aromatic carbocycles. The number of imide groups is 1. The fraction of sp³-hybridized carbons (Fsp3) is 0.211. The number of pyridine rings is 2. The first-order chi connectivity index (χ1) is 13.4. The Labute approximate surface area is 161 Å². The van der Waals surface area contributed by atoms with Gasteiger partial charge in [0.25, 0.3) is 0 Å². The molecule has 0 fully saturated rings. The monoisotopic (exact) mass is 380 g/mol. The molecule has 0 atom stereocenters. The Morgan fingerprint density at radius 1 is 1.25 bits per heavy atom. The molecule has 9 heteroatoms. The average molecular weight is 380 g/mol. The first-order valence-corrected chi connectivity index (χ1v) is 8.66. The Morgan fingerprint density at radius 3 is 2.75 bits per heavy atom. The molecule has 0 spiro atoms. The van der Waals surface area contributed by atoms with Gasteiger partial charge in [0.1, 0.15) is 17.3 Å². The molecule has 0 bridgehead atoms. The van der Waals surface area contributed by atoms with Gasteiger partial charge in [0.05, 0.1) is 17.6 Å². The third-order valence-electron chi connectivity index (χ3n) is 3.81. The molecule has 0 radical (unpaired) electrons. The molecule has 0 saturated carbocycles. The van der Waals surface area contributed by atoms with Crippen LogP contribution in [0.5, 0.6) is 11.5 Å². The summed E-state index contributed by atoms with van der Waals surface area (Å²) in [5.41, 5.74) is 2.21. The summed E-state index contributed by atoms with van der Waals surface area (Å²) < 4.78 is 7.61. The second-order valence-electron chi connectivity index (χ2n) is 6.02. The Hall–Kier alpha value is -3.75. The summed E-state index contributed by atoms with van der Waals surface area (Å²) in [6, 6.07) is 6.23. The normalized spacial score (nSPS) is 10.4. The Balaban J connectivity index is 1.71. The van der Waals surface area contributed by atoms with E-state index in [4.69, 9.17) is 4.74 Å². The number of nitrogens with zero attached hydrogens (tertiary/aromatic N) is 4. The molecule has 2 N–H and O–H groups in total. The van der Waals surface area contributed by atoms with E-state index < -0.39 is 6.03 Å². The molecule has 0 aliphatic rings. The highest BCUT2D eigenvalue weighted by Crippen LogP contribution is 2.27. The number of ether oxygens (including phenoxy) is 1. The van der Waals surface area contributed by atoms with Crippen LogP contribution in [-0.2, 0) is 11.8 Å². The van der Waals surface area contributed by atoms with Crippen LogP contribution >= 0.6 is 0 Å². The van der Waals surface area contributed by atoms with Crippen LogP contribution < -0.4 is 15.4 Å². The van der Waals surface area contributed by atoms with Gasteiger partial charge in [-0.05, 0) is 25.1 Å². The van der Waals surface area contributed by atoms with Gasteiger partial charge in [0, 0.05) is 37.5 Å². The van der Waals surface area contributed by atoms with Crippen LogP contribution in [0.4, 0.5) is 10.6 Å². The largest absolute Gasteiger partial charge is 0.455 e. The first-order valence-electron chi connectivity index (χ1n) is 8.66. The van der Waals surface area contributed by atoms with Crippen molar-refractivity contribution >= 4 is 17.8 Å². The summed E-state index contributed by atoms with van der Waals surface area (Å²) in [4.78, 5) is 31.6. The minimum absolute atomic E-state index is 0.222. The molecule has 0 aliphatic carbocycles. The summed E-state index contributed by atoms with van der Waals surface area (Å²) in [6.45, 7) is 3.43. The van der Waals surface area contributed by atoms with Crippen molar-refractivity contribution in [2.75, 3.05) is 5.32 Å². The summed E-state index contributed by atoms with van der Waals surface area (Å²) >= 11 is 0. The SMILES string of the molecule is CCC(=O)NC(=O)Nc1ccc(Oc2ccnc(-c3cnn(C)c3)c2)c(C)n1. The van der Waals surface area contributed by atoms with E-state index in [1.165, 1.54) is 0 Å². The van der Waals surface area contributed by atoms with Crippen LogP contribution in [0.15, 0.2) is 42.9 Å². The Morgan fingerprint density at radius 2 is 2.07 bits per heavy atom. The summed E-state index contributed by atoms with van der Waals surface area (Å²) in [5, 5.41) is 8.86. The van der Waals surface area contributed by atoms with Gasteiger partial charge in [0.15, 0.2) is 0 Å². The molecule has 3 rings (SSSR count). The molecule has 0 unspecified atom stereocenters. The zero-order chi connectivity index (χ0) is 20.1. The van der Waals surface area contributed by atoms with Crippen molar-refractivity contribution in [1.82, 2.24) is 25.1 Å². The van der Waals surface area contributed by atoms with E-state index in [1.807, 2.05) is 19.3 Å². The van der Waals surface area contributed by atoms with E-state index in [0.717, 1.165) is 11.3 Å². The Bertz CT molecular complexity index is 1010. The third-order valence-corrected chi connectivity index (χ3v) is 3.81. The standard InChI is InChI=1S/C19H20N6O3/c1-4-18(26)24-19(27)23-17-6-5-16(12(2)22-17)28-14-7-8-20-15(9-14)13-10-21-25(3)11-13/h5-11H,4H2,1-3H3,(H2,22,23,24,26,27). The number of hydrogen-bond acceptors (Lipinski definition) is 6. The molecule has 0 aliphatic heterocycles. The maximum Gasteiger partial charge on any atom is 0.327 e. The lowest BCUT2D eigenvalue weighted by molar-refractivity contribution is -0.119. The van der Waals surface area contributed by atoms with Crippen molar-refractivity contribution in [2.24, 2.45) is 7.05 Å². The van der Waals surface area contributed by atoms with Crippen LogP contribution in [0.2, 0.25) is 0 Å². The van der Waals surface area contributed by atoms with Gasteiger partial charge in [-0.15, -0.1) is 0 Å². The second kappa shape index (κ2) is 8.30. The molecular formula is C19H20N6O3. The predicted molar refractivity (Wildman–Crippen MR) is 103 cm³/mol. The van der Waals surface area contributed by atoms with E-state index in [2.05, 4.69) is 25.7 Å². The average Bonchev–Trinajstić information content (AvgIpc) is 3.10. The van der Waals surface area contributed by atoms with E-state index in [9.17, 15) is 9.59 Å². The van der Waals surface area contributed by atoms with Crippen molar-refractivity contribution in [3.05, 3.63) is 48.5 Å². The number of rotatable bonds is 5. The molecule has 0 saturated heterocycles. The van der Waals surface area contributed by atoms with Crippen LogP contribution in [0.25, 0.3) is 11.3 Å². The van der Waals surface area contributed by atoms with Crippen LogP contribution in [0.1, 0.15) is 19.0 Å². The second-order valence-corrected chi connectivity index (χ2v) is 6.02. The molecular weight excluding hydrogens is 360 g/mol. The lowest BCUT2D eigenvalue weighted by Gasteiger charge is -2.11. The molecule has 3 heterocycles. The maximum absolute atomic E-state index is 11.7. The quantitative estimate of drug-likeness (QED) is 0.704. The number of hydrogen-bond donors (Lipinski definition) is 2. The lowest BCUT2D eigenvalue weighted by atomic mass is 10.2. The van der Waals surface area contributed by atoms with Crippen molar-refractivity contribution in [2.45, 2.75) is 20.3 Å². The topological polar surface area (TPSA) is 111 Å². The van der Waals surface area contributed by atoms with Crippen molar-refractivity contribution in [3.63, 3.8) is 0 Å². The van der Waals surface area contributed by atoms with E-state index in [1.54, 1.807) is 49.1 Å². The van der Waals surface area contributed by atoms with Crippen LogP contribution in [-0.4, -0.2) is 31.7 Å². The van der Waals surface area contributed by atoms with E-state index >= 15 is 0 Å². The van der Waals surface area contributed by atoms with Gasteiger partial charge in [-0.2, -0.15) is 5.10 Å². The van der Waals surface area contributed by atoms with Gasteiger partial charge >= 0.3 is 6.03 Å². The minimum atomic E-state index is -0.623. The van der Waals surface area contributed by atoms with Crippen molar-refractivity contribution in [1.29, 1.82) is 0 Å². The number of aromatic nitrogens is 4. The zero-order valence-corrected chi connectivity index (χ0v) is 15.8. The summed E-state index contributed by atoms with van der Waals surface area (Å²) in [5.74, 6) is 1.10. The summed E-state index contributed by atoms with van der Waals surface area (Å²) in [6.07, 6.45) is 5.48. The van der Waals surface area contributed by atoms with Crippen LogP contribution in [0.3, 0.4) is 0 Å². The minimum Gasteiger partial charge on any atom is -0.455 e. The number of urea groups is 1. The van der Waals surface area contributed by atoms with Gasteiger partial charge in [-0.25, -0.2) is 9.78 Å². The number of amides is 3. The number of carbonyl (C=O) groups is 2. The maximum atomic E-state index is 11.7. The zero-order valence-electron chi connectivity index (χ0n) is 15.8. The lowest BCUT2D eigenvalue weighted by Crippen LogP contribution is -2.34. The highest BCUT2D eigenvalue weighted by molar-refractivity contribution is 6.00. The highest BCUT2D eigenvalue weighted by atomic mass is 16.5. The number of carbonyl (C=O) groups excluding carboxylic acids is 2. The van der Waals surface area contributed by atoms with Gasteiger partial charge in [-0.3, -0.25) is 25.1 Å². The summed E-state index contributed by atoms with van der Waals surface area (Å²) in [7, 11) is 1.84. The number of aryl methyl sites for hydroxylation is 2. The smallest absolute Gasteiger partial charge is 0.327 e. The fourth-order valence-corrected chi connectivity index (χ4v) is 2.40. The third kappa shape index (κ3) is 4.70. The van der Waals surface area contributed by atoms with Gasteiger partial charge < -0.3 is 4.74 Å². The first kappa shape index (κ1) is 19.0. The van der Waals surface area contributed by atoms with Gasteiger partial charge in [0.2, 0.25) is 5.91 Å². The number of nitrogens with one attached hydrogen (secondary N) is 2. The predicted octanol–water partition coefficient (Wildman–Crippen LogP) is 3.04.